The number of sulfone groups is 1. The Hall–Kier alpha value is -2.16. The highest BCUT2D eigenvalue weighted by atomic mass is 32.2. The number of halogens is 1. The van der Waals surface area contributed by atoms with Gasteiger partial charge < -0.3 is 15.5 Å². The number of piperidine rings is 1. The number of nitrogens with zero attached hydrogens (tertiary/aromatic N) is 1. The van der Waals surface area contributed by atoms with Gasteiger partial charge in [-0.3, -0.25) is 4.79 Å². The van der Waals surface area contributed by atoms with Crippen LogP contribution >= 0.6 is 0 Å². The van der Waals surface area contributed by atoms with Crippen LogP contribution in [0.1, 0.15) is 44.9 Å². The van der Waals surface area contributed by atoms with Crippen molar-refractivity contribution in [1.29, 1.82) is 0 Å². The van der Waals surface area contributed by atoms with Gasteiger partial charge in [-0.15, -0.1) is 0 Å². The highest BCUT2D eigenvalue weighted by molar-refractivity contribution is 7.92. The Kier molecular flexibility index (Phi) is 7.10. The topological polar surface area (TPSA) is 95.6 Å². The summed E-state index contributed by atoms with van der Waals surface area (Å²) in [5, 5.41) is 5.23. The van der Waals surface area contributed by atoms with Crippen molar-refractivity contribution < 1.29 is 22.4 Å². The molecule has 1 saturated heterocycles. The maximum Gasteiger partial charge on any atom is 0.319 e. The van der Waals surface area contributed by atoms with Crippen molar-refractivity contribution >= 4 is 27.5 Å². The summed E-state index contributed by atoms with van der Waals surface area (Å²) < 4.78 is 37.5. The molecule has 1 saturated carbocycles. The molecule has 1 aliphatic heterocycles. The van der Waals surface area contributed by atoms with E-state index < -0.39 is 9.84 Å². The Morgan fingerprint density at radius 2 is 1.66 bits per heavy atom. The van der Waals surface area contributed by atoms with Gasteiger partial charge in [0.15, 0.2) is 9.84 Å². The molecule has 1 aliphatic carbocycles. The molecule has 2 N–H and O–H groups in total. The summed E-state index contributed by atoms with van der Waals surface area (Å²) in [5.41, 5.74) is 0.500. The van der Waals surface area contributed by atoms with Gasteiger partial charge in [-0.25, -0.2) is 17.6 Å². The molecule has 0 bridgehead atoms. The first kappa shape index (κ1) is 21.5. The predicted octanol–water partition coefficient (Wildman–Crippen LogP) is 2.69. The third-order valence-electron chi connectivity index (χ3n) is 5.70. The van der Waals surface area contributed by atoms with Crippen LogP contribution in [0.5, 0.6) is 0 Å². The van der Waals surface area contributed by atoms with E-state index in [1.165, 1.54) is 24.3 Å². The number of carbonyl (C=O) groups excluding carboxylic acids is 2. The van der Waals surface area contributed by atoms with E-state index in [4.69, 9.17) is 0 Å². The summed E-state index contributed by atoms with van der Waals surface area (Å²) in [6.45, 7) is 0.980. The van der Waals surface area contributed by atoms with Crippen LogP contribution in [0.3, 0.4) is 0 Å². The molecule has 7 nitrogen and oxygen atoms in total. The fourth-order valence-electron chi connectivity index (χ4n) is 3.96. The molecule has 160 valence electrons. The van der Waals surface area contributed by atoms with Gasteiger partial charge >= 0.3 is 6.03 Å². The zero-order valence-electron chi connectivity index (χ0n) is 16.4. The second kappa shape index (κ2) is 9.56. The van der Waals surface area contributed by atoms with Gasteiger partial charge in [0.05, 0.1) is 11.0 Å². The van der Waals surface area contributed by atoms with Gasteiger partial charge in [-0.05, 0) is 49.9 Å². The van der Waals surface area contributed by atoms with Crippen LogP contribution in [-0.2, 0) is 14.6 Å². The van der Waals surface area contributed by atoms with Crippen molar-refractivity contribution in [3.8, 4) is 0 Å². The Morgan fingerprint density at radius 3 is 2.28 bits per heavy atom. The minimum absolute atomic E-state index is 0.0297. The van der Waals surface area contributed by atoms with E-state index in [-0.39, 0.29) is 41.2 Å². The lowest BCUT2D eigenvalue weighted by molar-refractivity contribution is -0.131. The number of likely N-dealkylation sites (tertiary alicyclic amines) is 1. The van der Waals surface area contributed by atoms with E-state index in [2.05, 4.69) is 10.6 Å². The first-order chi connectivity index (χ1) is 13.8. The van der Waals surface area contributed by atoms with Gasteiger partial charge in [0.25, 0.3) is 0 Å². The summed E-state index contributed by atoms with van der Waals surface area (Å²) >= 11 is 0. The Bertz CT molecular complexity index is 815. The van der Waals surface area contributed by atoms with Crippen molar-refractivity contribution in [2.45, 2.75) is 56.2 Å². The average molecular weight is 426 g/mol. The van der Waals surface area contributed by atoms with E-state index in [1.807, 2.05) is 0 Å². The van der Waals surface area contributed by atoms with Crippen molar-refractivity contribution in [2.24, 2.45) is 0 Å². The lowest BCUT2D eigenvalue weighted by Crippen LogP contribution is -2.47. The Morgan fingerprint density at radius 1 is 1.03 bits per heavy atom. The van der Waals surface area contributed by atoms with Crippen LogP contribution in [0.2, 0.25) is 0 Å². The van der Waals surface area contributed by atoms with E-state index >= 15 is 0 Å². The molecule has 0 radical (unpaired) electrons. The van der Waals surface area contributed by atoms with Gasteiger partial charge in [-0.2, -0.15) is 0 Å². The van der Waals surface area contributed by atoms with E-state index in [0.717, 1.165) is 12.8 Å². The van der Waals surface area contributed by atoms with Crippen LogP contribution in [0, 0.1) is 5.82 Å². The highest BCUT2D eigenvalue weighted by Crippen LogP contribution is 2.25. The maximum absolute atomic E-state index is 12.9. The molecule has 0 aromatic heterocycles. The highest BCUT2D eigenvalue weighted by Gasteiger charge is 2.30. The fraction of sp³-hybridized carbons (Fsp3) is 0.600. The van der Waals surface area contributed by atoms with Crippen LogP contribution in [-0.4, -0.2) is 55.4 Å². The van der Waals surface area contributed by atoms with Crippen LogP contribution in [0.25, 0.3) is 0 Å². The Balaban J connectivity index is 1.38. The molecule has 0 unspecified atom stereocenters. The minimum Gasteiger partial charge on any atom is -0.343 e. The number of amides is 3. The molecule has 2 fully saturated rings. The van der Waals surface area contributed by atoms with Crippen molar-refractivity contribution in [3.63, 3.8) is 0 Å². The van der Waals surface area contributed by atoms with Crippen molar-refractivity contribution in [1.82, 2.24) is 10.2 Å². The van der Waals surface area contributed by atoms with Gasteiger partial charge in [-0.1, -0.05) is 12.8 Å². The second-order valence-electron chi connectivity index (χ2n) is 7.78. The summed E-state index contributed by atoms with van der Waals surface area (Å²) in [7, 11) is -3.19. The molecular formula is C20H28FN3O4S. The second-order valence-corrected chi connectivity index (χ2v) is 10.2. The van der Waals surface area contributed by atoms with Gasteiger partial charge in [0, 0.05) is 31.2 Å². The fourth-order valence-corrected chi connectivity index (χ4v) is 5.80. The van der Waals surface area contributed by atoms with Crippen LogP contribution in [0.4, 0.5) is 14.9 Å². The summed E-state index contributed by atoms with van der Waals surface area (Å²) in [6, 6.07) is 5.07. The number of carbonyl (C=O) groups is 2. The number of hydrogen-bond donors (Lipinski definition) is 2. The number of urea groups is 1. The van der Waals surface area contributed by atoms with Crippen molar-refractivity contribution in [2.75, 3.05) is 24.2 Å². The van der Waals surface area contributed by atoms with Crippen LogP contribution < -0.4 is 10.6 Å². The molecule has 9 heteroatoms. The largest absolute Gasteiger partial charge is 0.343 e. The number of hydrogen-bond acceptors (Lipinski definition) is 4. The van der Waals surface area contributed by atoms with Crippen molar-refractivity contribution in [3.05, 3.63) is 30.1 Å². The van der Waals surface area contributed by atoms with Gasteiger partial charge in [0.2, 0.25) is 5.91 Å². The summed E-state index contributed by atoms with van der Waals surface area (Å²) in [4.78, 5) is 26.1. The zero-order valence-corrected chi connectivity index (χ0v) is 17.2. The summed E-state index contributed by atoms with van der Waals surface area (Å²) in [5.74, 6) is -0.584. The lowest BCUT2D eigenvalue weighted by atomic mass is 10.0. The smallest absolute Gasteiger partial charge is 0.319 e. The minimum atomic E-state index is -3.19. The number of benzene rings is 1. The third-order valence-corrected chi connectivity index (χ3v) is 7.96. The molecule has 1 aromatic rings. The number of nitrogens with one attached hydrogen (secondary N) is 2. The zero-order chi connectivity index (χ0) is 20.9. The normalized spacial score (nSPS) is 18.6. The average Bonchev–Trinajstić information content (AvgIpc) is 3.24. The molecule has 0 atom stereocenters. The molecule has 1 heterocycles. The SMILES string of the molecule is O=C(Nc1ccc(F)cc1)NC1CCN(C(=O)CCS(=O)(=O)C2CCCC2)CC1. The number of rotatable bonds is 6. The summed E-state index contributed by atoms with van der Waals surface area (Å²) in [6.07, 6.45) is 4.58. The molecule has 29 heavy (non-hydrogen) atoms. The maximum atomic E-state index is 12.9. The first-order valence-electron chi connectivity index (χ1n) is 10.2. The molecule has 3 rings (SSSR count). The van der Waals surface area contributed by atoms with E-state index in [1.54, 1.807) is 4.90 Å². The van der Waals surface area contributed by atoms with E-state index in [9.17, 15) is 22.4 Å². The molecule has 0 spiro atoms. The van der Waals surface area contributed by atoms with Gasteiger partial charge in [0.1, 0.15) is 5.82 Å². The molecular weight excluding hydrogens is 397 g/mol. The third kappa shape index (κ3) is 6.16. The molecule has 2 aliphatic rings. The first-order valence-corrected chi connectivity index (χ1v) is 11.9. The van der Waals surface area contributed by atoms with E-state index in [0.29, 0.717) is 44.5 Å². The molecule has 3 amide bonds. The number of anilines is 1. The Labute approximate surface area is 171 Å². The predicted molar refractivity (Wildman–Crippen MR) is 109 cm³/mol. The quantitative estimate of drug-likeness (QED) is 0.733. The van der Waals surface area contributed by atoms with Crippen LogP contribution in [0.15, 0.2) is 24.3 Å². The monoisotopic (exact) mass is 425 g/mol. The standard InChI is InChI=1S/C20H28FN3O4S/c21-15-5-7-16(8-6-15)22-20(26)23-17-9-12-24(13-10-17)19(25)11-14-29(27,28)18-3-1-2-4-18/h5-8,17-18H,1-4,9-14H2,(H2,22,23,26). The lowest BCUT2D eigenvalue weighted by Gasteiger charge is -2.32. The molecule has 1 aromatic carbocycles.